The first-order valence-corrected chi connectivity index (χ1v) is 8.71. The molecular weight excluding hydrogens is 308 g/mol. The van der Waals surface area contributed by atoms with Crippen molar-refractivity contribution in [2.24, 2.45) is 17.8 Å². The molecule has 1 aliphatic rings. The molecule has 3 atom stereocenters. The Labute approximate surface area is 143 Å². The zero-order chi connectivity index (χ0) is 17.9. The molecule has 1 aromatic rings. The van der Waals surface area contributed by atoms with Crippen LogP contribution in [0.2, 0.25) is 0 Å². The Bertz CT molecular complexity index is 587. The predicted molar refractivity (Wildman–Crippen MR) is 89.7 cm³/mol. The van der Waals surface area contributed by atoms with Crippen molar-refractivity contribution in [2.75, 3.05) is 6.61 Å². The summed E-state index contributed by atoms with van der Waals surface area (Å²) in [5.74, 6) is 1.49. The highest BCUT2D eigenvalue weighted by Gasteiger charge is 2.33. The molecule has 1 aromatic heterocycles. The van der Waals surface area contributed by atoms with Crippen LogP contribution in [0.15, 0.2) is 10.5 Å². The highest BCUT2D eigenvalue weighted by atomic mass is 16.6. The van der Waals surface area contributed by atoms with E-state index in [2.05, 4.69) is 20.8 Å². The van der Waals surface area contributed by atoms with Gasteiger partial charge in [-0.3, -0.25) is 0 Å². The lowest BCUT2D eigenvalue weighted by Gasteiger charge is -2.36. The number of ether oxygens (including phenoxy) is 2. The molecule has 0 saturated heterocycles. The Balaban J connectivity index is 1.88. The van der Waals surface area contributed by atoms with E-state index in [0.29, 0.717) is 34.8 Å². The van der Waals surface area contributed by atoms with Gasteiger partial charge in [-0.1, -0.05) is 27.2 Å². The quantitative estimate of drug-likeness (QED) is 0.759. The highest BCUT2D eigenvalue weighted by molar-refractivity contribution is 5.91. The second-order valence-corrected chi connectivity index (χ2v) is 7.26. The Morgan fingerprint density at radius 2 is 2.00 bits per heavy atom. The summed E-state index contributed by atoms with van der Waals surface area (Å²) in [5.41, 5.74) is 0.353. The second-order valence-electron chi connectivity index (χ2n) is 7.26. The Morgan fingerprint density at radius 1 is 1.29 bits per heavy atom. The first kappa shape index (κ1) is 18.6. The third-order valence-electron chi connectivity index (χ3n) is 4.83. The molecule has 1 saturated carbocycles. The zero-order valence-corrected chi connectivity index (χ0v) is 15.3. The van der Waals surface area contributed by atoms with Gasteiger partial charge in [-0.15, -0.1) is 0 Å². The number of rotatable bonds is 5. The minimum atomic E-state index is -0.557. The SMILES string of the molecule is Cc1cc(C(=O)OCC(=O)O[C@H]2C[C@H](C)CC[C@@H]2C(C)C)c(C)o1. The van der Waals surface area contributed by atoms with E-state index < -0.39 is 11.9 Å². The fourth-order valence-corrected chi connectivity index (χ4v) is 3.49. The van der Waals surface area contributed by atoms with Crippen molar-refractivity contribution >= 4 is 11.9 Å². The third kappa shape index (κ3) is 4.62. The first-order chi connectivity index (χ1) is 11.3. The minimum absolute atomic E-state index is 0.0853. The van der Waals surface area contributed by atoms with E-state index in [4.69, 9.17) is 13.9 Å². The van der Waals surface area contributed by atoms with Crippen molar-refractivity contribution in [3.05, 3.63) is 23.2 Å². The van der Waals surface area contributed by atoms with Crippen LogP contribution in [0.25, 0.3) is 0 Å². The average Bonchev–Trinajstić information content (AvgIpc) is 2.83. The number of carbonyl (C=O) groups excluding carboxylic acids is 2. The first-order valence-electron chi connectivity index (χ1n) is 8.71. The van der Waals surface area contributed by atoms with E-state index in [1.807, 2.05) is 0 Å². The van der Waals surface area contributed by atoms with Gasteiger partial charge in [0.15, 0.2) is 6.61 Å². The second kappa shape index (κ2) is 7.86. The van der Waals surface area contributed by atoms with Gasteiger partial charge in [0.2, 0.25) is 0 Å². The average molecular weight is 336 g/mol. The lowest BCUT2D eigenvalue weighted by molar-refractivity contribution is -0.159. The van der Waals surface area contributed by atoms with Crippen LogP contribution in [0.4, 0.5) is 0 Å². The highest BCUT2D eigenvalue weighted by Crippen LogP contribution is 2.35. The molecule has 5 heteroatoms. The largest absolute Gasteiger partial charge is 0.466 e. The summed E-state index contributed by atoms with van der Waals surface area (Å²) in [4.78, 5) is 24.1. The summed E-state index contributed by atoms with van der Waals surface area (Å²) < 4.78 is 16.0. The van der Waals surface area contributed by atoms with E-state index in [1.165, 1.54) is 6.42 Å². The Kier molecular flexibility index (Phi) is 6.08. The summed E-state index contributed by atoms with van der Waals surface area (Å²) in [5, 5.41) is 0. The van der Waals surface area contributed by atoms with E-state index in [9.17, 15) is 9.59 Å². The maximum atomic E-state index is 12.1. The van der Waals surface area contributed by atoms with Crippen LogP contribution in [0, 0.1) is 31.6 Å². The molecule has 0 bridgehead atoms. The van der Waals surface area contributed by atoms with Crippen LogP contribution in [-0.4, -0.2) is 24.6 Å². The van der Waals surface area contributed by atoms with Gasteiger partial charge in [0, 0.05) is 0 Å². The van der Waals surface area contributed by atoms with Crippen LogP contribution in [-0.2, 0) is 14.3 Å². The standard InChI is InChI=1S/C19H28O5/c1-11(2)15-7-6-12(3)8-17(15)24-18(20)10-22-19(21)16-9-13(4)23-14(16)5/h9,11-12,15,17H,6-8,10H2,1-5H3/t12-,15-,17+/m1/s1. The Morgan fingerprint density at radius 3 is 2.58 bits per heavy atom. The fourth-order valence-electron chi connectivity index (χ4n) is 3.49. The molecule has 1 heterocycles. The monoisotopic (exact) mass is 336 g/mol. The van der Waals surface area contributed by atoms with E-state index in [-0.39, 0.29) is 12.7 Å². The molecular formula is C19H28O5. The van der Waals surface area contributed by atoms with Gasteiger partial charge in [-0.25, -0.2) is 9.59 Å². The number of carbonyl (C=O) groups is 2. The molecule has 1 fully saturated rings. The molecule has 2 rings (SSSR count). The molecule has 5 nitrogen and oxygen atoms in total. The van der Waals surface area contributed by atoms with Crippen LogP contribution in [0.1, 0.15) is 61.9 Å². The van der Waals surface area contributed by atoms with Gasteiger partial charge < -0.3 is 13.9 Å². The van der Waals surface area contributed by atoms with Crippen molar-refractivity contribution in [1.29, 1.82) is 0 Å². The van der Waals surface area contributed by atoms with Crippen molar-refractivity contribution in [3.63, 3.8) is 0 Å². The minimum Gasteiger partial charge on any atom is -0.466 e. The normalized spacial score (nSPS) is 24.0. The summed E-state index contributed by atoms with van der Waals surface area (Å²) >= 11 is 0. The molecule has 0 aliphatic heterocycles. The summed E-state index contributed by atoms with van der Waals surface area (Å²) in [7, 11) is 0. The molecule has 0 N–H and O–H groups in total. The molecule has 0 spiro atoms. The summed E-state index contributed by atoms with van der Waals surface area (Å²) in [6.45, 7) is 9.59. The smallest absolute Gasteiger partial charge is 0.344 e. The van der Waals surface area contributed by atoms with Crippen molar-refractivity contribution in [3.8, 4) is 0 Å². The lowest BCUT2D eigenvalue weighted by Crippen LogP contribution is -2.36. The van der Waals surface area contributed by atoms with E-state index in [0.717, 1.165) is 12.8 Å². The van der Waals surface area contributed by atoms with Gasteiger partial charge in [-0.2, -0.15) is 0 Å². The van der Waals surface area contributed by atoms with Gasteiger partial charge in [0.25, 0.3) is 0 Å². The van der Waals surface area contributed by atoms with Gasteiger partial charge in [-0.05, 0) is 50.5 Å². The fraction of sp³-hybridized carbons (Fsp3) is 0.684. The van der Waals surface area contributed by atoms with Gasteiger partial charge in [0.05, 0.1) is 0 Å². The van der Waals surface area contributed by atoms with Crippen LogP contribution < -0.4 is 0 Å². The van der Waals surface area contributed by atoms with Crippen LogP contribution in [0.3, 0.4) is 0 Å². The molecule has 0 unspecified atom stereocenters. The van der Waals surface area contributed by atoms with Crippen molar-refractivity contribution < 1.29 is 23.5 Å². The predicted octanol–water partition coefficient (Wildman–Crippen LogP) is 4.06. The van der Waals surface area contributed by atoms with Gasteiger partial charge in [0.1, 0.15) is 23.2 Å². The number of aryl methyl sites for hydroxylation is 2. The summed E-state index contributed by atoms with van der Waals surface area (Å²) in [6.07, 6.45) is 3.04. The Hall–Kier alpha value is -1.78. The topological polar surface area (TPSA) is 65.7 Å². The third-order valence-corrected chi connectivity index (χ3v) is 4.83. The molecule has 0 amide bonds. The van der Waals surface area contributed by atoms with Gasteiger partial charge >= 0.3 is 11.9 Å². The maximum Gasteiger partial charge on any atom is 0.344 e. The van der Waals surface area contributed by atoms with Crippen LogP contribution in [0.5, 0.6) is 0 Å². The molecule has 24 heavy (non-hydrogen) atoms. The molecule has 1 aliphatic carbocycles. The van der Waals surface area contributed by atoms with Crippen LogP contribution >= 0.6 is 0 Å². The summed E-state index contributed by atoms with van der Waals surface area (Å²) in [6, 6.07) is 1.61. The van der Waals surface area contributed by atoms with E-state index >= 15 is 0 Å². The number of furan rings is 1. The molecule has 0 radical (unpaired) electrons. The number of esters is 2. The van der Waals surface area contributed by atoms with E-state index in [1.54, 1.807) is 19.9 Å². The molecule has 134 valence electrons. The number of hydrogen-bond donors (Lipinski definition) is 0. The van der Waals surface area contributed by atoms with Crippen molar-refractivity contribution in [2.45, 2.75) is 60.0 Å². The lowest BCUT2D eigenvalue weighted by atomic mass is 9.75. The zero-order valence-electron chi connectivity index (χ0n) is 15.3. The van der Waals surface area contributed by atoms with Crippen molar-refractivity contribution in [1.82, 2.24) is 0 Å². The molecule has 0 aromatic carbocycles. The number of hydrogen-bond acceptors (Lipinski definition) is 5. The maximum absolute atomic E-state index is 12.1.